The van der Waals surface area contributed by atoms with Crippen LogP contribution >= 0.6 is 0 Å². The van der Waals surface area contributed by atoms with Gasteiger partial charge in [0, 0.05) is 18.4 Å². The standard InChI is InChI=1S/C7H6FNO/c8-4-7(5-9)1-6(2-7)3-10/h1-2,4H2. The number of carbonyl (C=O) groups excluding carboxylic acids is 1. The number of nitriles is 1. The number of hydrogen-bond donors (Lipinski definition) is 0. The average Bonchev–Trinajstić information content (AvgIpc) is 1.89. The smallest absolute Gasteiger partial charge is 0.123 e. The van der Waals surface area contributed by atoms with Crippen LogP contribution in [0, 0.1) is 16.7 Å². The molecular weight excluding hydrogens is 133 g/mol. The Morgan fingerprint density at radius 2 is 2.30 bits per heavy atom. The van der Waals surface area contributed by atoms with E-state index < -0.39 is 12.1 Å². The summed E-state index contributed by atoms with van der Waals surface area (Å²) in [6, 6.07) is 1.85. The SMILES string of the molecule is N#CC1(CF)CC(=C=O)C1. The molecule has 0 radical (unpaired) electrons. The Labute approximate surface area is 58.0 Å². The van der Waals surface area contributed by atoms with E-state index in [2.05, 4.69) is 0 Å². The molecule has 0 aromatic heterocycles. The highest BCUT2D eigenvalue weighted by Crippen LogP contribution is 2.43. The van der Waals surface area contributed by atoms with Crippen molar-refractivity contribution in [1.82, 2.24) is 0 Å². The first-order chi connectivity index (χ1) is 4.76. The molecule has 10 heavy (non-hydrogen) atoms. The van der Waals surface area contributed by atoms with E-state index in [1.165, 1.54) is 0 Å². The third kappa shape index (κ3) is 0.832. The Morgan fingerprint density at radius 3 is 2.60 bits per heavy atom. The number of allylic oxidation sites excluding steroid dienone is 1. The summed E-state index contributed by atoms with van der Waals surface area (Å²) in [6.07, 6.45) is 0.535. The quantitative estimate of drug-likeness (QED) is 0.509. The molecule has 0 aromatic carbocycles. The van der Waals surface area contributed by atoms with Gasteiger partial charge in [0.1, 0.15) is 12.6 Å². The summed E-state index contributed by atoms with van der Waals surface area (Å²) in [4.78, 5) is 9.91. The van der Waals surface area contributed by atoms with Crippen LogP contribution in [0.25, 0.3) is 0 Å². The number of rotatable bonds is 1. The third-order valence-corrected chi connectivity index (χ3v) is 1.74. The minimum absolute atomic E-state index is 0.267. The summed E-state index contributed by atoms with van der Waals surface area (Å²) in [5, 5.41) is 8.42. The van der Waals surface area contributed by atoms with Gasteiger partial charge in [-0.15, -0.1) is 0 Å². The van der Waals surface area contributed by atoms with Crippen molar-refractivity contribution in [2.45, 2.75) is 12.8 Å². The summed E-state index contributed by atoms with van der Waals surface area (Å²) in [5.41, 5.74) is -0.355. The van der Waals surface area contributed by atoms with Crippen molar-refractivity contribution in [3.63, 3.8) is 0 Å². The number of nitrogens with zero attached hydrogens (tertiary/aromatic N) is 1. The van der Waals surface area contributed by atoms with Gasteiger partial charge < -0.3 is 0 Å². The van der Waals surface area contributed by atoms with Gasteiger partial charge in [-0.2, -0.15) is 5.26 Å². The molecule has 0 N–H and O–H groups in total. The first-order valence-electron chi connectivity index (χ1n) is 2.96. The van der Waals surface area contributed by atoms with Crippen molar-refractivity contribution in [2.75, 3.05) is 6.67 Å². The van der Waals surface area contributed by atoms with Crippen LogP contribution in [0.5, 0.6) is 0 Å². The predicted molar refractivity (Wildman–Crippen MR) is 32.5 cm³/mol. The molecule has 0 saturated heterocycles. The van der Waals surface area contributed by atoms with Crippen LogP contribution in [0.15, 0.2) is 5.57 Å². The van der Waals surface area contributed by atoms with Crippen LogP contribution in [-0.2, 0) is 4.79 Å². The van der Waals surface area contributed by atoms with Crippen molar-refractivity contribution in [3.8, 4) is 6.07 Å². The second-order valence-corrected chi connectivity index (χ2v) is 2.58. The van der Waals surface area contributed by atoms with Gasteiger partial charge in [-0.3, -0.25) is 0 Å². The Kier molecular flexibility index (Phi) is 1.57. The molecular formula is C7H6FNO. The van der Waals surface area contributed by atoms with E-state index in [0.717, 1.165) is 0 Å². The summed E-state index contributed by atoms with van der Waals surface area (Å²) in [6.45, 7) is -0.658. The van der Waals surface area contributed by atoms with Gasteiger partial charge in [-0.05, 0) is 0 Å². The molecule has 1 rings (SSSR count). The van der Waals surface area contributed by atoms with Crippen LogP contribution in [-0.4, -0.2) is 12.6 Å². The van der Waals surface area contributed by atoms with Crippen LogP contribution in [0.1, 0.15) is 12.8 Å². The normalized spacial score (nSPS) is 30.2. The minimum Gasteiger partial charge on any atom is -0.249 e. The van der Waals surface area contributed by atoms with E-state index in [4.69, 9.17) is 5.26 Å². The number of alkyl halides is 1. The molecule has 0 unspecified atom stereocenters. The fourth-order valence-electron chi connectivity index (χ4n) is 1.04. The van der Waals surface area contributed by atoms with E-state index in [9.17, 15) is 9.18 Å². The Morgan fingerprint density at radius 1 is 1.70 bits per heavy atom. The molecule has 1 saturated carbocycles. The topological polar surface area (TPSA) is 40.9 Å². The molecule has 1 aliphatic rings. The molecule has 0 heterocycles. The Hall–Kier alpha value is -1.13. The minimum atomic E-state index is -0.882. The monoisotopic (exact) mass is 139 g/mol. The molecule has 3 heteroatoms. The molecule has 1 aliphatic carbocycles. The van der Waals surface area contributed by atoms with Gasteiger partial charge >= 0.3 is 0 Å². The lowest BCUT2D eigenvalue weighted by molar-refractivity contribution is 0.221. The highest BCUT2D eigenvalue weighted by Gasteiger charge is 2.42. The first-order valence-corrected chi connectivity index (χ1v) is 2.96. The highest BCUT2D eigenvalue weighted by atomic mass is 19.1. The van der Waals surface area contributed by atoms with Crippen LogP contribution < -0.4 is 0 Å². The largest absolute Gasteiger partial charge is 0.249 e. The fraction of sp³-hybridized carbons (Fsp3) is 0.571. The number of halogens is 1. The molecule has 0 bridgehead atoms. The molecule has 0 amide bonds. The second-order valence-electron chi connectivity index (χ2n) is 2.58. The third-order valence-electron chi connectivity index (χ3n) is 1.74. The van der Waals surface area contributed by atoms with Crippen molar-refractivity contribution >= 4 is 5.94 Å². The molecule has 2 nitrogen and oxygen atoms in total. The second kappa shape index (κ2) is 2.24. The van der Waals surface area contributed by atoms with Gasteiger partial charge in [-0.1, -0.05) is 0 Å². The molecule has 0 aliphatic heterocycles. The van der Waals surface area contributed by atoms with Gasteiger partial charge in [0.2, 0.25) is 0 Å². The summed E-state index contributed by atoms with van der Waals surface area (Å²) >= 11 is 0. The van der Waals surface area contributed by atoms with Crippen LogP contribution in [0.4, 0.5) is 4.39 Å². The van der Waals surface area contributed by atoms with E-state index in [-0.39, 0.29) is 12.8 Å². The molecule has 1 fully saturated rings. The van der Waals surface area contributed by atoms with Crippen LogP contribution in [0.2, 0.25) is 0 Å². The van der Waals surface area contributed by atoms with Crippen molar-refractivity contribution in [2.24, 2.45) is 5.41 Å². The van der Waals surface area contributed by atoms with Crippen molar-refractivity contribution < 1.29 is 9.18 Å². The van der Waals surface area contributed by atoms with E-state index in [0.29, 0.717) is 5.57 Å². The Balaban J connectivity index is 2.65. The first kappa shape index (κ1) is 6.98. The predicted octanol–water partition coefficient (Wildman–Crippen LogP) is 1.02. The highest BCUT2D eigenvalue weighted by molar-refractivity contribution is 5.57. The maximum Gasteiger partial charge on any atom is 0.123 e. The summed E-state index contributed by atoms with van der Waals surface area (Å²) in [5.74, 6) is 1.67. The average molecular weight is 139 g/mol. The zero-order chi connectivity index (χ0) is 7.61. The van der Waals surface area contributed by atoms with E-state index >= 15 is 0 Å². The van der Waals surface area contributed by atoms with Gasteiger partial charge in [0.25, 0.3) is 0 Å². The zero-order valence-corrected chi connectivity index (χ0v) is 5.35. The maximum absolute atomic E-state index is 12.0. The Bertz CT molecular complexity index is 226. The lowest BCUT2D eigenvalue weighted by atomic mass is 9.68. The van der Waals surface area contributed by atoms with Crippen molar-refractivity contribution in [3.05, 3.63) is 5.57 Å². The summed E-state index contributed by atoms with van der Waals surface area (Å²) in [7, 11) is 0. The molecule has 52 valence electrons. The lowest BCUT2D eigenvalue weighted by Gasteiger charge is -2.32. The van der Waals surface area contributed by atoms with Gasteiger partial charge in [-0.25, -0.2) is 9.18 Å². The van der Waals surface area contributed by atoms with Crippen LogP contribution in [0.3, 0.4) is 0 Å². The molecule has 0 atom stereocenters. The number of hydrogen-bond acceptors (Lipinski definition) is 2. The van der Waals surface area contributed by atoms with Gasteiger partial charge in [0.05, 0.1) is 11.5 Å². The lowest BCUT2D eigenvalue weighted by Crippen LogP contribution is -2.32. The van der Waals surface area contributed by atoms with Crippen molar-refractivity contribution in [1.29, 1.82) is 5.26 Å². The van der Waals surface area contributed by atoms with E-state index in [1.807, 2.05) is 6.07 Å². The maximum atomic E-state index is 12.0. The van der Waals surface area contributed by atoms with E-state index in [1.54, 1.807) is 5.94 Å². The zero-order valence-electron chi connectivity index (χ0n) is 5.35. The molecule has 0 spiro atoms. The molecule has 0 aromatic rings. The summed E-state index contributed by atoms with van der Waals surface area (Å²) < 4.78 is 12.0. The fourth-order valence-corrected chi connectivity index (χ4v) is 1.04. The van der Waals surface area contributed by atoms with Gasteiger partial charge in [0.15, 0.2) is 0 Å².